The molecule has 1 amide bonds. The Morgan fingerprint density at radius 3 is 2.58 bits per heavy atom. The Kier molecular flexibility index (Phi) is 5.93. The number of ether oxygens (including phenoxy) is 1. The number of nitrogens with zero attached hydrogens (tertiary/aromatic N) is 1. The van der Waals surface area contributed by atoms with Crippen LogP contribution in [0.15, 0.2) is 58.9 Å². The molecule has 3 aromatic rings. The highest BCUT2D eigenvalue weighted by Crippen LogP contribution is 2.29. The number of anilines is 1. The number of thiophene rings is 1. The molecule has 2 aromatic carbocycles. The molecule has 0 saturated carbocycles. The van der Waals surface area contributed by atoms with E-state index in [4.69, 9.17) is 27.9 Å². The van der Waals surface area contributed by atoms with E-state index in [1.165, 1.54) is 11.3 Å². The summed E-state index contributed by atoms with van der Waals surface area (Å²) in [5.41, 5.74) is 1.89. The predicted molar refractivity (Wildman–Crippen MR) is 109 cm³/mol. The van der Waals surface area contributed by atoms with E-state index in [1.54, 1.807) is 61.9 Å². The van der Waals surface area contributed by atoms with Gasteiger partial charge in [0.05, 0.1) is 12.7 Å². The lowest BCUT2D eigenvalue weighted by molar-refractivity contribution is 0.102. The first kappa shape index (κ1) is 18.5. The van der Waals surface area contributed by atoms with Crippen molar-refractivity contribution in [2.45, 2.75) is 0 Å². The predicted octanol–water partition coefficient (Wildman–Crippen LogP) is 6.07. The van der Waals surface area contributed by atoms with Gasteiger partial charge in [-0.3, -0.25) is 4.79 Å². The van der Waals surface area contributed by atoms with Gasteiger partial charge in [-0.05, 0) is 53.9 Å². The number of rotatable bonds is 5. The lowest BCUT2D eigenvalue weighted by Crippen LogP contribution is -2.10. The summed E-state index contributed by atoms with van der Waals surface area (Å²) in [6.45, 7) is 0. The van der Waals surface area contributed by atoms with Crippen LogP contribution in [-0.2, 0) is 0 Å². The SMILES string of the molecule is COc1ccc(Cl)cc1C=Nc1sccc1C(=O)Nc1ccc(Cl)cc1. The highest BCUT2D eigenvalue weighted by Gasteiger charge is 2.13. The zero-order chi connectivity index (χ0) is 18.5. The molecule has 7 heteroatoms. The average molecular weight is 405 g/mol. The molecule has 132 valence electrons. The van der Waals surface area contributed by atoms with E-state index in [1.807, 2.05) is 5.38 Å². The second kappa shape index (κ2) is 8.36. The van der Waals surface area contributed by atoms with E-state index in [0.29, 0.717) is 32.0 Å². The quantitative estimate of drug-likeness (QED) is 0.524. The third kappa shape index (κ3) is 4.43. The molecule has 0 fully saturated rings. The lowest BCUT2D eigenvalue weighted by atomic mass is 10.2. The first-order valence-corrected chi connectivity index (χ1v) is 9.22. The smallest absolute Gasteiger partial charge is 0.258 e. The Morgan fingerprint density at radius 1 is 1.12 bits per heavy atom. The van der Waals surface area contributed by atoms with Gasteiger partial charge in [0.15, 0.2) is 0 Å². The van der Waals surface area contributed by atoms with Crippen LogP contribution >= 0.6 is 34.5 Å². The van der Waals surface area contributed by atoms with Crippen molar-refractivity contribution in [3.63, 3.8) is 0 Å². The van der Waals surface area contributed by atoms with Gasteiger partial charge in [0.2, 0.25) is 0 Å². The van der Waals surface area contributed by atoms with Gasteiger partial charge in [-0.1, -0.05) is 23.2 Å². The number of benzene rings is 2. The minimum absolute atomic E-state index is 0.237. The molecule has 0 bridgehead atoms. The van der Waals surface area contributed by atoms with Gasteiger partial charge in [0, 0.05) is 27.5 Å². The van der Waals surface area contributed by atoms with Gasteiger partial charge in [0.1, 0.15) is 10.8 Å². The normalized spacial score (nSPS) is 10.9. The molecule has 0 unspecified atom stereocenters. The molecule has 0 aliphatic carbocycles. The summed E-state index contributed by atoms with van der Waals surface area (Å²) < 4.78 is 5.30. The van der Waals surface area contributed by atoms with Crippen molar-refractivity contribution in [3.8, 4) is 5.75 Å². The molecule has 1 aromatic heterocycles. The third-order valence-corrected chi connectivity index (χ3v) is 4.81. The first-order chi connectivity index (χ1) is 12.6. The molecule has 26 heavy (non-hydrogen) atoms. The standard InChI is InChI=1S/C19H14Cl2N2O2S/c1-25-17-7-4-14(21)10-12(17)11-22-19-16(8-9-26-19)18(24)23-15-5-2-13(20)3-6-15/h2-11H,1H3,(H,23,24). The molecule has 1 heterocycles. The van der Waals surface area contributed by atoms with E-state index >= 15 is 0 Å². The summed E-state index contributed by atoms with van der Waals surface area (Å²) in [6.07, 6.45) is 1.63. The van der Waals surface area contributed by atoms with Crippen LogP contribution in [0, 0.1) is 0 Å². The molecule has 1 N–H and O–H groups in total. The number of amides is 1. The highest BCUT2D eigenvalue weighted by molar-refractivity contribution is 7.14. The van der Waals surface area contributed by atoms with Crippen molar-refractivity contribution in [3.05, 3.63) is 75.1 Å². The summed E-state index contributed by atoms with van der Waals surface area (Å²) in [5.74, 6) is 0.417. The molecule has 0 saturated heterocycles. The van der Waals surface area contributed by atoms with Gasteiger partial charge in [-0.25, -0.2) is 4.99 Å². The van der Waals surface area contributed by atoms with Crippen LogP contribution < -0.4 is 10.1 Å². The van der Waals surface area contributed by atoms with Crippen LogP contribution in [0.2, 0.25) is 10.0 Å². The lowest BCUT2D eigenvalue weighted by Gasteiger charge is -2.06. The van der Waals surface area contributed by atoms with Crippen LogP contribution in [0.25, 0.3) is 0 Å². The van der Waals surface area contributed by atoms with Crippen LogP contribution in [0.5, 0.6) is 5.75 Å². The van der Waals surface area contributed by atoms with E-state index in [9.17, 15) is 4.79 Å². The number of hydrogen-bond acceptors (Lipinski definition) is 4. The van der Waals surface area contributed by atoms with Crippen molar-refractivity contribution < 1.29 is 9.53 Å². The number of hydrogen-bond donors (Lipinski definition) is 1. The number of carbonyl (C=O) groups is 1. The second-order valence-corrected chi connectivity index (χ2v) is 7.01. The van der Waals surface area contributed by atoms with Gasteiger partial charge >= 0.3 is 0 Å². The van der Waals surface area contributed by atoms with Gasteiger partial charge in [0.25, 0.3) is 5.91 Å². The topological polar surface area (TPSA) is 50.7 Å². The number of nitrogens with one attached hydrogen (secondary N) is 1. The van der Waals surface area contributed by atoms with Gasteiger partial charge in [-0.2, -0.15) is 0 Å². The summed E-state index contributed by atoms with van der Waals surface area (Å²) >= 11 is 13.3. The first-order valence-electron chi connectivity index (χ1n) is 7.59. The Hall–Kier alpha value is -2.34. The molecule has 0 spiro atoms. The number of halogens is 2. The van der Waals surface area contributed by atoms with Crippen molar-refractivity contribution >= 4 is 57.3 Å². The fourth-order valence-electron chi connectivity index (χ4n) is 2.24. The minimum Gasteiger partial charge on any atom is -0.496 e. The fourth-order valence-corrected chi connectivity index (χ4v) is 3.28. The molecular weight excluding hydrogens is 391 g/mol. The summed E-state index contributed by atoms with van der Waals surface area (Å²) in [6, 6.07) is 13.9. The zero-order valence-electron chi connectivity index (χ0n) is 13.7. The van der Waals surface area contributed by atoms with E-state index in [-0.39, 0.29) is 5.91 Å². The van der Waals surface area contributed by atoms with E-state index in [2.05, 4.69) is 10.3 Å². The molecule has 4 nitrogen and oxygen atoms in total. The average Bonchev–Trinajstić information content (AvgIpc) is 3.11. The second-order valence-electron chi connectivity index (χ2n) is 5.24. The third-order valence-electron chi connectivity index (χ3n) is 3.50. The monoisotopic (exact) mass is 404 g/mol. The van der Waals surface area contributed by atoms with E-state index in [0.717, 1.165) is 5.56 Å². The molecule has 0 atom stereocenters. The molecular formula is C19H14Cl2N2O2S. The summed E-state index contributed by atoms with van der Waals surface area (Å²) in [4.78, 5) is 16.9. The number of carbonyl (C=O) groups excluding carboxylic acids is 1. The Labute approximate surface area is 165 Å². The Bertz CT molecular complexity index is 952. The largest absolute Gasteiger partial charge is 0.496 e. The molecule has 3 rings (SSSR count). The summed E-state index contributed by atoms with van der Waals surface area (Å²) in [7, 11) is 1.58. The van der Waals surface area contributed by atoms with Crippen LogP contribution in [0.4, 0.5) is 10.7 Å². The molecule has 0 aliphatic rings. The maximum absolute atomic E-state index is 12.5. The van der Waals surface area contributed by atoms with E-state index < -0.39 is 0 Å². The van der Waals surface area contributed by atoms with Gasteiger partial charge < -0.3 is 10.1 Å². The van der Waals surface area contributed by atoms with Crippen molar-refractivity contribution in [2.24, 2.45) is 4.99 Å². The van der Waals surface area contributed by atoms with Crippen molar-refractivity contribution in [2.75, 3.05) is 12.4 Å². The van der Waals surface area contributed by atoms with Gasteiger partial charge in [-0.15, -0.1) is 11.3 Å². The molecule has 0 radical (unpaired) electrons. The van der Waals surface area contributed by atoms with Crippen molar-refractivity contribution in [1.29, 1.82) is 0 Å². The number of aliphatic imine (C=N–C) groups is 1. The van der Waals surface area contributed by atoms with Crippen LogP contribution in [0.3, 0.4) is 0 Å². The van der Waals surface area contributed by atoms with Crippen LogP contribution in [0.1, 0.15) is 15.9 Å². The zero-order valence-corrected chi connectivity index (χ0v) is 16.0. The number of methoxy groups -OCH3 is 1. The fraction of sp³-hybridized carbons (Fsp3) is 0.0526. The van der Waals surface area contributed by atoms with Crippen molar-refractivity contribution in [1.82, 2.24) is 0 Å². The summed E-state index contributed by atoms with van der Waals surface area (Å²) in [5, 5.41) is 6.44. The maximum Gasteiger partial charge on any atom is 0.258 e. The Balaban J connectivity index is 1.81. The minimum atomic E-state index is -0.237. The Morgan fingerprint density at radius 2 is 1.85 bits per heavy atom. The molecule has 0 aliphatic heterocycles. The maximum atomic E-state index is 12.5. The highest BCUT2D eigenvalue weighted by atomic mass is 35.5. The van der Waals surface area contributed by atoms with Crippen LogP contribution in [-0.4, -0.2) is 19.2 Å².